The number of carbonyl (C=O) groups excluding carboxylic acids is 2. The molecule has 0 saturated carbocycles. The van der Waals surface area contributed by atoms with Crippen molar-refractivity contribution < 1.29 is 23.5 Å². The van der Waals surface area contributed by atoms with Gasteiger partial charge in [-0.05, 0) is 35.9 Å². The first-order chi connectivity index (χ1) is 15.4. The van der Waals surface area contributed by atoms with Crippen LogP contribution in [0.5, 0.6) is 11.5 Å². The molecule has 3 heterocycles. The molecule has 164 valence electrons. The summed E-state index contributed by atoms with van der Waals surface area (Å²) < 4.78 is 20.0. The largest absolute Gasteiger partial charge is 0.493 e. The van der Waals surface area contributed by atoms with E-state index in [1.165, 1.54) is 31.2 Å². The van der Waals surface area contributed by atoms with Crippen molar-refractivity contribution in [2.24, 2.45) is 9.39 Å². The number of amides is 1. The first-order valence-electron chi connectivity index (χ1n) is 9.46. The molecule has 1 aromatic heterocycles. The zero-order valence-corrected chi connectivity index (χ0v) is 19.0. The van der Waals surface area contributed by atoms with Crippen LogP contribution in [0.15, 0.2) is 56.0 Å². The summed E-state index contributed by atoms with van der Waals surface area (Å²) in [6.07, 6.45) is 2.92. The molecule has 0 saturated heterocycles. The average Bonchev–Trinajstić information content (AvgIpc) is 3.42. The summed E-state index contributed by atoms with van der Waals surface area (Å²) >= 11 is 2.58. The van der Waals surface area contributed by atoms with Gasteiger partial charge in [0.1, 0.15) is 5.84 Å². The number of rotatable bonds is 5. The van der Waals surface area contributed by atoms with Crippen LogP contribution in [0.25, 0.3) is 6.08 Å². The lowest BCUT2D eigenvalue weighted by Gasteiger charge is -2.25. The number of nitrogens with one attached hydrogen (secondary N) is 1. The minimum absolute atomic E-state index is 0.00388. The van der Waals surface area contributed by atoms with Crippen molar-refractivity contribution in [2.45, 2.75) is 19.1 Å². The molecule has 4 rings (SSSR count). The molecule has 0 fully saturated rings. The Labute approximate surface area is 192 Å². The van der Waals surface area contributed by atoms with Gasteiger partial charge >= 0.3 is 5.97 Å². The molecule has 0 unspecified atom stereocenters. The van der Waals surface area contributed by atoms with E-state index >= 15 is 0 Å². The molecule has 0 bridgehead atoms. The Morgan fingerprint density at radius 3 is 2.81 bits per heavy atom. The maximum absolute atomic E-state index is 12.6. The van der Waals surface area contributed by atoms with Crippen LogP contribution in [-0.4, -0.2) is 45.3 Å². The molecule has 9 nitrogen and oxygen atoms in total. The molecular weight excluding hydrogens is 452 g/mol. The van der Waals surface area contributed by atoms with E-state index < -0.39 is 11.9 Å². The average molecular weight is 471 g/mol. The number of fused-ring (bicyclic) bond motifs is 1. The van der Waals surface area contributed by atoms with Crippen molar-refractivity contribution in [3.05, 3.63) is 53.5 Å². The molecule has 1 N–H and O–H groups in total. The van der Waals surface area contributed by atoms with E-state index in [1.807, 2.05) is 13.8 Å². The summed E-state index contributed by atoms with van der Waals surface area (Å²) in [6, 6.07) is 7.88. The van der Waals surface area contributed by atoms with Crippen molar-refractivity contribution in [2.75, 3.05) is 7.11 Å². The Bertz CT molecular complexity index is 1180. The van der Waals surface area contributed by atoms with Crippen molar-refractivity contribution in [3.63, 3.8) is 0 Å². The maximum Gasteiger partial charge on any atom is 0.379 e. The van der Waals surface area contributed by atoms with E-state index in [2.05, 4.69) is 9.39 Å². The minimum Gasteiger partial charge on any atom is -0.493 e. The second-order valence-electron chi connectivity index (χ2n) is 6.85. The third-order valence-corrected chi connectivity index (χ3v) is 6.03. The Morgan fingerprint density at radius 2 is 2.12 bits per heavy atom. The fraction of sp³-hybridized carbons (Fsp3) is 0.190. The molecule has 2 aliphatic heterocycles. The number of carbonyl (C=O) groups is 2. The lowest BCUT2D eigenvalue weighted by Crippen LogP contribution is -2.41. The number of esters is 1. The van der Waals surface area contributed by atoms with Crippen LogP contribution in [0.3, 0.4) is 0 Å². The minimum atomic E-state index is -0.661. The number of hydrogen-bond acceptors (Lipinski definition) is 9. The highest BCUT2D eigenvalue weighted by Crippen LogP contribution is 2.34. The Kier molecular flexibility index (Phi) is 6.19. The lowest BCUT2D eigenvalue weighted by atomic mass is 10.1. The number of aliphatic imine (C=N–C) groups is 1. The number of thioether (sulfide) groups is 1. The number of furan rings is 1. The molecule has 0 aliphatic carbocycles. The van der Waals surface area contributed by atoms with Crippen LogP contribution in [-0.2, 0) is 4.79 Å². The molecule has 0 atom stereocenters. The van der Waals surface area contributed by atoms with E-state index in [0.29, 0.717) is 15.9 Å². The summed E-state index contributed by atoms with van der Waals surface area (Å²) in [7, 11) is 1.44. The van der Waals surface area contributed by atoms with Gasteiger partial charge in [-0.3, -0.25) is 10.2 Å². The summed E-state index contributed by atoms with van der Waals surface area (Å²) in [4.78, 5) is 30.4. The van der Waals surface area contributed by atoms with Gasteiger partial charge in [-0.25, -0.2) is 9.69 Å². The van der Waals surface area contributed by atoms with Gasteiger partial charge in [-0.1, -0.05) is 31.7 Å². The van der Waals surface area contributed by atoms with Crippen molar-refractivity contribution >= 4 is 57.8 Å². The number of benzene rings is 1. The summed E-state index contributed by atoms with van der Waals surface area (Å²) in [5.74, 6) is -0.635. The number of methoxy groups -OCH3 is 1. The standard InChI is InChI=1S/C21H18N4O5S2/c1-11(2)31-21-24-32-20-23-18(26)13(17(22)25(20)21)9-12-6-7-14(16(10-12)28-3)30-19(27)15-5-4-8-29-15/h4-11,22H,1-3H3/b13-9-,22-17?. The van der Waals surface area contributed by atoms with Gasteiger partial charge in [0.05, 0.1) is 30.9 Å². The highest BCUT2D eigenvalue weighted by molar-refractivity contribution is 8.19. The first-order valence-corrected chi connectivity index (χ1v) is 11.1. The van der Waals surface area contributed by atoms with Gasteiger partial charge in [0.25, 0.3) is 5.91 Å². The van der Waals surface area contributed by atoms with E-state index in [4.69, 9.17) is 19.3 Å². The fourth-order valence-corrected chi connectivity index (χ4v) is 4.53. The SMILES string of the molecule is COc1cc(/C=C2/C(=N)N3C(=NC2=O)SN=C3SC(C)C)ccc1OC(=O)c1ccco1. The molecule has 32 heavy (non-hydrogen) atoms. The summed E-state index contributed by atoms with van der Waals surface area (Å²) in [5.41, 5.74) is 0.698. The smallest absolute Gasteiger partial charge is 0.379 e. The zero-order valence-electron chi connectivity index (χ0n) is 17.3. The van der Waals surface area contributed by atoms with Gasteiger partial charge in [-0.15, -0.1) is 0 Å². The quantitative estimate of drug-likeness (QED) is 0.299. The Balaban J connectivity index is 1.60. The molecule has 0 radical (unpaired) electrons. The van der Waals surface area contributed by atoms with Crippen LogP contribution in [0.4, 0.5) is 0 Å². The highest BCUT2D eigenvalue weighted by atomic mass is 32.2. The Hall–Kier alpha value is -3.31. The van der Waals surface area contributed by atoms with Gasteiger partial charge in [0.2, 0.25) is 10.9 Å². The van der Waals surface area contributed by atoms with Gasteiger partial charge < -0.3 is 13.9 Å². The van der Waals surface area contributed by atoms with Crippen LogP contribution in [0.2, 0.25) is 0 Å². The summed E-state index contributed by atoms with van der Waals surface area (Å²) in [5, 5.41) is 9.82. The van der Waals surface area contributed by atoms with Crippen molar-refractivity contribution in [3.8, 4) is 11.5 Å². The topological polar surface area (TPSA) is 118 Å². The fourth-order valence-electron chi connectivity index (χ4n) is 2.86. The number of nitrogens with zero attached hydrogens (tertiary/aromatic N) is 3. The molecule has 2 aliphatic rings. The predicted octanol–water partition coefficient (Wildman–Crippen LogP) is 4.23. The summed E-state index contributed by atoms with van der Waals surface area (Å²) in [6.45, 7) is 4.05. The van der Waals surface area contributed by atoms with Crippen LogP contribution in [0.1, 0.15) is 30.0 Å². The zero-order chi connectivity index (χ0) is 22.8. The van der Waals surface area contributed by atoms with Crippen molar-refractivity contribution in [1.29, 1.82) is 5.41 Å². The van der Waals surface area contributed by atoms with E-state index in [9.17, 15) is 9.59 Å². The van der Waals surface area contributed by atoms with Gasteiger partial charge in [-0.2, -0.15) is 9.39 Å². The van der Waals surface area contributed by atoms with Gasteiger partial charge in [0.15, 0.2) is 16.7 Å². The second-order valence-corrected chi connectivity index (χ2v) is 9.12. The molecule has 1 amide bonds. The lowest BCUT2D eigenvalue weighted by molar-refractivity contribution is -0.114. The number of ether oxygens (including phenoxy) is 2. The second kappa shape index (κ2) is 9.05. The van der Waals surface area contributed by atoms with E-state index in [-0.39, 0.29) is 33.9 Å². The van der Waals surface area contributed by atoms with E-state index in [0.717, 1.165) is 11.9 Å². The van der Waals surface area contributed by atoms with E-state index in [1.54, 1.807) is 35.2 Å². The Morgan fingerprint density at radius 1 is 1.31 bits per heavy atom. The van der Waals surface area contributed by atoms with Crippen molar-refractivity contribution in [1.82, 2.24) is 4.90 Å². The maximum atomic E-state index is 12.6. The molecule has 0 spiro atoms. The molecule has 2 aromatic rings. The monoisotopic (exact) mass is 470 g/mol. The third kappa shape index (κ3) is 4.34. The number of amidine groups is 3. The molecule has 1 aromatic carbocycles. The van der Waals surface area contributed by atoms with Gasteiger partial charge in [0, 0.05) is 5.25 Å². The predicted molar refractivity (Wildman–Crippen MR) is 124 cm³/mol. The number of hydrogen-bond donors (Lipinski definition) is 1. The van der Waals surface area contributed by atoms with Crippen LogP contribution < -0.4 is 9.47 Å². The van der Waals surface area contributed by atoms with Crippen LogP contribution >= 0.6 is 23.7 Å². The first kappa shape index (κ1) is 21.9. The molecule has 11 heteroatoms. The third-order valence-electron chi connectivity index (χ3n) is 4.26. The molecular formula is C21H18N4O5S2. The highest BCUT2D eigenvalue weighted by Gasteiger charge is 2.37. The van der Waals surface area contributed by atoms with Crippen LogP contribution in [0, 0.1) is 5.41 Å². The normalized spacial score (nSPS) is 16.9.